The molecule has 0 amide bonds. The number of aromatic hydroxyl groups is 1. The summed E-state index contributed by atoms with van der Waals surface area (Å²) in [6.45, 7) is 4.05. The fourth-order valence-electron chi connectivity index (χ4n) is 1.93. The zero-order chi connectivity index (χ0) is 15.2. The second-order valence-electron chi connectivity index (χ2n) is 4.91. The number of ether oxygens (including phenoxy) is 1. The fraction of sp³-hybridized carbons (Fsp3) is 0.235. The summed E-state index contributed by atoms with van der Waals surface area (Å²) in [6, 6.07) is 3.59. The maximum absolute atomic E-state index is 10.2. The Hall–Kier alpha value is -2.49. The van der Waals surface area contributed by atoms with E-state index in [0.29, 0.717) is 18.1 Å². The van der Waals surface area contributed by atoms with Crippen LogP contribution in [0, 0.1) is 0 Å². The monoisotopic (exact) mass is 285 g/mol. The molecule has 0 unspecified atom stereocenters. The minimum Gasteiger partial charge on any atom is -0.507 e. The molecule has 0 saturated heterocycles. The molecule has 2 aromatic rings. The molecule has 1 N–H and O–H groups in total. The lowest BCUT2D eigenvalue weighted by Crippen LogP contribution is -1.93. The third-order valence-electron chi connectivity index (χ3n) is 3.01. The molecule has 1 aromatic carbocycles. The average molecular weight is 285 g/mol. The van der Waals surface area contributed by atoms with E-state index < -0.39 is 0 Å². The van der Waals surface area contributed by atoms with Crippen molar-refractivity contribution in [2.24, 2.45) is 0 Å². The Kier molecular flexibility index (Phi) is 4.82. The highest BCUT2D eigenvalue weighted by Crippen LogP contribution is 2.31. The van der Waals surface area contributed by atoms with Gasteiger partial charge in [0.15, 0.2) is 0 Å². The summed E-state index contributed by atoms with van der Waals surface area (Å²) < 4.78 is 10.5. The van der Waals surface area contributed by atoms with Gasteiger partial charge in [0.25, 0.3) is 0 Å². The summed E-state index contributed by atoms with van der Waals surface area (Å²) in [6.07, 6.45) is 9.35. The highest BCUT2D eigenvalue weighted by molar-refractivity contribution is 5.69. The Morgan fingerprint density at radius 3 is 2.76 bits per heavy atom. The standard InChI is InChI=1S/C17H19NO3/c1-12(2)4-6-14-15(19)10-13(11-16(14)20-3)5-7-17-18-8-9-21-17/h4-5,7-11,19H,6H2,1-3H3/b7-5+. The van der Waals surface area contributed by atoms with Gasteiger partial charge in [-0.25, -0.2) is 4.98 Å². The summed E-state index contributed by atoms with van der Waals surface area (Å²) in [4.78, 5) is 4.01. The maximum atomic E-state index is 10.2. The second-order valence-corrected chi connectivity index (χ2v) is 4.91. The molecule has 0 atom stereocenters. The molecule has 0 fully saturated rings. The van der Waals surface area contributed by atoms with Crippen molar-refractivity contribution < 1.29 is 14.3 Å². The van der Waals surface area contributed by atoms with Crippen molar-refractivity contribution in [1.29, 1.82) is 0 Å². The molecule has 21 heavy (non-hydrogen) atoms. The number of aromatic nitrogens is 1. The van der Waals surface area contributed by atoms with Crippen molar-refractivity contribution in [2.45, 2.75) is 20.3 Å². The average Bonchev–Trinajstić information content (AvgIpc) is 2.96. The van der Waals surface area contributed by atoms with E-state index in [4.69, 9.17) is 9.15 Å². The lowest BCUT2D eigenvalue weighted by molar-refractivity contribution is 0.401. The molecule has 0 aliphatic rings. The van der Waals surface area contributed by atoms with E-state index in [1.165, 1.54) is 11.8 Å². The topological polar surface area (TPSA) is 55.5 Å². The molecule has 2 rings (SSSR count). The largest absolute Gasteiger partial charge is 0.507 e. The summed E-state index contributed by atoms with van der Waals surface area (Å²) in [5.41, 5.74) is 2.81. The van der Waals surface area contributed by atoms with E-state index in [9.17, 15) is 5.11 Å². The highest BCUT2D eigenvalue weighted by Gasteiger charge is 2.09. The highest BCUT2D eigenvalue weighted by atomic mass is 16.5. The summed E-state index contributed by atoms with van der Waals surface area (Å²) in [7, 11) is 1.60. The molecule has 0 aliphatic heterocycles. The summed E-state index contributed by atoms with van der Waals surface area (Å²) in [5, 5.41) is 10.2. The third kappa shape index (κ3) is 3.99. The first-order chi connectivity index (χ1) is 10.1. The minimum absolute atomic E-state index is 0.221. The Balaban J connectivity index is 2.29. The molecule has 4 heteroatoms. The third-order valence-corrected chi connectivity index (χ3v) is 3.01. The number of allylic oxidation sites excluding steroid dienone is 2. The van der Waals surface area contributed by atoms with Gasteiger partial charge in [0.1, 0.15) is 17.8 Å². The number of hydrogen-bond acceptors (Lipinski definition) is 4. The van der Waals surface area contributed by atoms with E-state index >= 15 is 0 Å². The molecule has 110 valence electrons. The number of phenolic OH excluding ortho intramolecular Hbond substituents is 1. The van der Waals surface area contributed by atoms with Crippen LogP contribution in [-0.4, -0.2) is 17.2 Å². The van der Waals surface area contributed by atoms with Crippen molar-refractivity contribution >= 4 is 12.2 Å². The van der Waals surface area contributed by atoms with Crippen LogP contribution in [-0.2, 0) is 6.42 Å². The van der Waals surface area contributed by atoms with Crippen LogP contribution in [0.1, 0.15) is 30.9 Å². The first-order valence-electron chi connectivity index (χ1n) is 6.71. The van der Waals surface area contributed by atoms with Crippen LogP contribution < -0.4 is 4.74 Å². The van der Waals surface area contributed by atoms with Gasteiger partial charge in [-0.2, -0.15) is 0 Å². The lowest BCUT2D eigenvalue weighted by Gasteiger charge is -2.10. The van der Waals surface area contributed by atoms with Crippen LogP contribution in [0.4, 0.5) is 0 Å². The van der Waals surface area contributed by atoms with E-state index in [-0.39, 0.29) is 5.75 Å². The molecule has 1 heterocycles. The normalized spacial score (nSPS) is 10.8. The maximum Gasteiger partial charge on any atom is 0.218 e. The van der Waals surface area contributed by atoms with Crippen LogP contribution in [0.15, 0.2) is 40.7 Å². The predicted octanol–water partition coefficient (Wildman–Crippen LogP) is 4.07. The Labute approximate surface area is 124 Å². The van der Waals surface area contributed by atoms with Crippen molar-refractivity contribution in [3.63, 3.8) is 0 Å². The minimum atomic E-state index is 0.221. The molecule has 0 bridgehead atoms. The van der Waals surface area contributed by atoms with E-state index in [1.54, 1.807) is 25.4 Å². The summed E-state index contributed by atoms with van der Waals surface area (Å²) >= 11 is 0. The molecular formula is C17H19NO3. The summed E-state index contributed by atoms with van der Waals surface area (Å²) in [5.74, 6) is 1.40. The number of methoxy groups -OCH3 is 1. The van der Waals surface area contributed by atoms with E-state index in [1.807, 2.05) is 26.0 Å². The first kappa shape index (κ1) is 14.9. The van der Waals surface area contributed by atoms with Crippen LogP contribution in [0.25, 0.3) is 12.2 Å². The molecule has 0 aliphatic carbocycles. The van der Waals surface area contributed by atoms with Crippen molar-refractivity contribution in [3.05, 3.63) is 53.3 Å². The van der Waals surface area contributed by atoms with Crippen LogP contribution in [0.3, 0.4) is 0 Å². The predicted molar refractivity (Wildman–Crippen MR) is 83.2 cm³/mol. The Morgan fingerprint density at radius 2 is 2.14 bits per heavy atom. The van der Waals surface area contributed by atoms with Gasteiger partial charge in [-0.15, -0.1) is 0 Å². The molecular weight excluding hydrogens is 266 g/mol. The Bertz CT molecular complexity index is 651. The lowest BCUT2D eigenvalue weighted by atomic mass is 10.0. The van der Waals surface area contributed by atoms with Gasteiger partial charge in [-0.3, -0.25) is 0 Å². The zero-order valence-corrected chi connectivity index (χ0v) is 12.5. The number of nitrogens with zero attached hydrogens (tertiary/aromatic N) is 1. The first-order valence-corrected chi connectivity index (χ1v) is 6.71. The van der Waals surface area contributed by atoms with Gasteiger partial charge in [-0.05, 0) is 44.0 Å². The van der Waals surface area contributed by atoms with E-state index in [0.717, 1.165) is 11.1 Å². The van der Waals surface area contributed by atoms with Crippen molar-refractivity contribution in [2.75, 3.05) is 7.11 Å². The molecule has 4 nitrogen and oxygen atoms in total. The van der Waals surface area contributed by atoms with Crippen LogP contribution >= 0.6 is 0 Å². The van der Waals surface area contributed by atoms with Gasteiger partial charge in [0.2, 0.25) is 5.89 Å². The number of phenols is 1. The number of oxazole rings is 1. The molecule has 0 spiro atoms. The van der Waals surface area contributed by atoms with Gasteiger partial charge in [-0.1, -0.05) is 11.6 Å². The van der Waals surface area contributed by atoms with Crippen LogP contribution in [0.5, 0.6) is 11.5 Å². The number of benzene rings is 1. The smallest absolute Gasteiger partial charge is 0.218 e. The number of hydrogen-bond donors (Lipinski definition) is 1. The Morgan fingerprint density at radius 1 is 1.33 bits per heavy atom. The molecule has 0 saturated carbocycles. The number of rotatable bonds is 5. The zero-order valence-electron chi connectivity index (χ0n) is 12.5. The van der Waals surface area contributed by atoms with Crippen molar-refractivity contribution in [1.82, 2.24) is 4.98 Å². The van der Waals surface area contributed by atoms with E-state index in [2.05, 4.69) is 11.1 Å². The van der Waals surface area contributed by atoms with Crippen molar-refractivity contribution in [3.8, 4) is 11.5 Å². The molecule has 0 radical (unpaired) electrons. The van der Waals surface area contributed by atoms with Gasteiger partial charge in [0, 0.05) is 11.6 Å². The van der Waals surface area contributed by atoms with Gasteiger partial charge in [0.05, 0.1) is 13.3 Å². The molecule has 1 aromatic heterocycles. The quantitative estimate of drug-likeness (QED) is 0.841. The van der Waals surface area contributed by atoms with Crippen LogP contribution in [0.2, 0.25) is 0 Å². The second kappa shape index (κ2) is 6.79. The fourth-order valence-corrected chi connectivity index (χ4v) is 1.93. The SMILES string of the molecule is COc1cc(/C=C/c2ncco2)cc(O)c1CC=C(C)C. The van der Waals surface area contributed by atoms with Gasteiger partial charge < -0.3 is 14.3 Å². The van der Waals surface area contributed by atoms with Gasteiger partial charge >= 0.3 is 0 Å².